The standard InChI is InChI=1S/C19H15ClN2O5/c1-12-15(8-9-26-12)19(23)21-14-6-7-16(20)13(10-14)11-27-18-5-3-2-4-17(18)22(24)25/h2-10H,11H2,1H3,(H,21,23). The van der Waals surface area contributed by atoms with Gasteiger partial charge in [-0.2, -0.15) is 0 Å². The molecule has 2 aromatic carbocycles. The first-order valence-corrected chi connectivity index (χ1v) is 8.33. The van der Waals surface area contributed by atoms with Crippen LogP contribution in [0, 0.1) is 17.0 Å². The van der Waals surface area contributed by atoms with Crippen molar-refractivity contribution >= 4 is 28.9 Å². The van der Waals surface area contributed by atoms with Gasteiger partial charge in [0, 0.05) is 22.3 Å². The largest absolute Gasteiger partial charge is 0.482 e. The zero-order valence-electron chi connectivity index (χ0n) is 14.3. The van der Waals surface area contributed by atoms with Gasteiger partial charge in [-0.15, -0.1) is 0 Å². The van der Waals surface area contributed by atoms with Gasteiger partial charge in [-0.25, -0.2) is 0 Å². The zero-order chi connectivity index (χ0) is 19.4. The molecule has 1 N–H and O–H groups in total. The van der Waals surface area contributed by atoms with E-state index in [9.17, 15) is 14.9 Å². The molecule has 0 saturated heterocycles. The van der Waals surface area contributed by atoms with Crippen LogP contribution >= 0.6 is 11.6 Å². The summed E-state index contributed by atoms with van der Waals surface area (Å²) in [6, 6.07) is 12.6. The van der Waals surface area contributed by atoms with Crippen LogP contribution in [-0.4, -0.2) is 10.8 Å². The van der Waals surface area contributed by atoms with Crippen molar-refractivity contribution in [1.29, 1.82) is 0 Å². The predicted molar refractivity (Wildman–Crippen MR) is 100 cm³/mol. The fraction of sp³-hybridized carbons (Fsp3) is 0.105. The van der Waals surface area contributed by atoms with Crippen LogP contribution in [0.1, 0.15) is 21.7 Å². The second-order valence-corrected chi connectivity index (χ2v) is 6.07. The van der Waals surface area contributed by atoms with E-state index in [1.165, 1.54) is 18.4 Å². The number of hydrogen-bond donors (Lipinski definition) is 1. The van der Waals surface area contributed by atoms with Crippen molar-refractivity contribution in [3.05, 3.63) is 86.8 Å². The number of rotatable bonds is 6. The van der Waals surface area contributed by atoms with Gasteiger partial charge in [0.2, 0.25) is 0 Å². The highest BCUT2D eigenvalue weighted by Gasteiger charge is 2.15. The maximum Gasteiger partial charge on any atom is 0.310 e. The van der Waals surface area contributed by atoms with E-state index in [-0.39, 0.29) is 24.0 Å². The van der Waals surface area contributed by atoms with E-state index in [1.807, 2.05) is 0 Å². The number of halogens is 1. The van der Waals surface area contributed by atoms with Gasteiger partial charge in [0.15, 0.2) is 5.75 Å². The SMILES string of the molecule is Cc1occc1C(=O)Nc1ccc(Cl)c(COc2ccccc2[N+](=O)[O-])c1. The van der Waals surface area contributed by atoms with Gasteiger partial charge in [-0.1, -0.05) is 23.7 Å². The molecule has 1 aromatic heterocycles. The second-order valence-electron chi connectivity index (χ2n) is 5.66. The summed E-state index contributed by atoms with van der Waals surface area (Å²) in [6.07, 6.45) is 1.44. The molecule has 0 unspecified atom stereocenters. The van der Waals surface area contributed by atoms with Crippen molar-refractivity contribution in [1.82, 2.24) is 0 Å². The molecule has 0 radical (unpaired) electrons. The summed E-state index contributed by atoms with van der Waals surface area (Å²) in [5.41, 5.74) is 1.40. The number of aryl methyl sites for hydroxylation is 1. The molecule has 0 spiro atoms. The van der Waals surface area contributed by atoms with E-state index in [1.54, 1.807) is 43.3 Å². The Balaban J connectivity index is 1.75. The third kappa shape index (κ3) is 4.27. The highest BCUT2D eigenvalue weighted by Crippen LogP contribution is 2.28. The smallest absolute Gasteiger partial charge is 0.310 e. The van der Waals surface area contributed by atoms with Crippen LogP contribution in [0.3, 0.4) is 0 Å². The average molecular weight is 387 g/mol. The number of nitrogens with zero attached hydrogens (tertiary/aromatic N) is 1. The molecule has 7 nitrogen and oxygen atoms in total. The van der Waals surface area contributed by atoms with E-state index in [4.69, 9.17) is 20.8 Å². The number of nitro benzene ring substituents is 1. The molecule has 138 valence electrons. The Morgan fingerprint density at radius 1 is 1.26 bits per heavy atom. The van der Waals surface area contributed by atoms with Crippen molar-refractivity contribution in [3.63, 3.8) is 0 Å². The number of hydrogen-bond acceptors (Lipinski definition) is 5. The summed E-state index contributed by atoms with van der Waals surface area (Å²) in [6.45, 7) is 1.71. The lowest BCUT2D eigenvalue weighted by Gasteiger charge is -2.11. The van der Waals surface area contributed by atoms with Crippen molar-refractivity contribution < 1.29 is 18.9 Å². The first kappa shape index (κ1) is 18.5. The summed E-state index contributed by atoms with van der Waals surface area (Å²) >= 11 is 6.18. The van der Waals surface area contributed by atoms with Crippen molar-refractivity contribution in [2.24, 2.45) is 0 Å². The number of carbonyl (C=O) groups excluding carboxylic acids is 1. The number of ether oxygens (including phenoxy) is 1. The number of amides is 1. The summed E-state index contributed by atoms with van der Waals surface area (Å²) in [7, 11) is 0. The average Bonchev–Trinajstić information content (AvgIpc) is 3.08. The van der Waals surface area contributed by atoms with Crippen LogP contribution in [0.4, 0.5) is 11.4 Å². The van der Waals surface area contributed by atoms with E-state index in [0.717, 1.165) is 0 Å². The summed E-state index contributed by atoms with van der Waals surface area (Å²) in [5.74, 6) is 0.345. The topological polar surface area (TPSA) is 94.6 Å². The Bertz CT molecular complexity index is 999. The van der Waals surface area contributed by atoms with Crippen molar-refractivity contribution in [2.45, 2.75) is 13.5 Å². The van der Waals surface area contributed by atoms with Crippen LogP contribution in [0.15, 0.2) is 59.2 Å². The number of furan rings is 1. The summed E-state index contributed by atoms with van der Waals surface area (Å²) < 4.78 is 10.7. The highest BCUT2D eigenvalue weighted by atomic mass is 35.5. The van der Waals surface area contributed by atoms with Crippen LogP contribution in [0.2, 0.25) is 5.02 Å². The lowest BCUT2D eigenvalue weighted by molar-refractivity contribution is -0.385. The lowest BCUT2D eigenvalue weighted by Crippen LogP contribution is -2.12. The molecular formula is C19H15ClN2O5. The Kier molecular flexibility index (Phi) is 5.42. The van der Waals surface area contributed by atoms with Crippen LogP contribution in [0.25, 0.3) is 0 Å². The minimum Gasteiger partial charge on any atom is -0.482 e. The second kappa shape index (κ2) is 7.92. The molecule has 27 heavy (non-hydrogen) atoms. The summed E-state index contributed by atoms with van der Waals surface area (Å²) in [4.78, 5) is 22.8. The van der Waals surface area contributed by atoms with Gasteiger partial charge in [0.05, 0.1) is 16.7 Å². The Hall–Kier alpha value is -3.32. The minimum atomic E-state index is -0.513. The third-order valence-corrected chi connectivity index (χ3v) is 4.22. The van der Waals surface area contributed by atoms with E-state index in [2.05, 4.69) is 5.32 Å². The Morgan fingerprint density at radius 3 is 2.74 bits per heavy atom. The van der Waals surface area contributed by atoms with Crippen molar-refractivity contribution in [3.8, 4) is 5.75 Å². The maximum atomic E-state index is 12.3. The number of carbonyl (C=O) groups is 1. The molecular weight excluding hydrogens is 372 g/mol. The molecule has 3 aromatic rings. The van der Waals surface area contributed by atoms with Crippen LogP contribution < -0.4 is 10.1 Å². The Morgan fingerprint density at radius 2 is 2.04 bits per heavy atom. The maximum absolute atomic E-state index is 12.3. The zero-order valence-corrected chi connectivity index (χ0v) is 15.0. The third-order valence-electron chi connectivity index (χ3n) is 3.85. The van der Waals surface area contributed by atoms with Gasteiger partial charge in [0.1, 0.15) is 12.4 Å². The van der Waals surface area contributed by atoms with Gasteiger partial charge in [0.25, 0.3) is 5.91 Å². The monoisotopic (exact) mass is 386 g/mol. The van der Waals surface area contributed by atoms with Crippen LogP contribution in [-0.2, 0) is 6.61 Å². The fourth-order valence-corrected chi connectivity index (χ4v) is 2.64. The van der Waals surface area contributed by atoms with Crippen molar-refractivity contribution in [2.75, 3.05) is 5.32 Å². The Labute approximate surface area is 159 Å². The van der Waals surface area contributed by atoms with E-state index < -0.39 is 4.92 Å². The molecule has 0 aliphatic heterocycles. The molecule has 1 heterocycles. The van der Waals surface area contributed by atoms with Gasteiger partial charge in [-0.3, -0.25) is 14.9 Å². The number of nitro groups is 1. The molecule has 0 bridgehead atoms. The first-order chi connectivity index (χ1) is 13.0. The lowest BCUT2D eigenvalue weighted by atomic mass is 10.2. The molecule has 0 aliphatic carbocycles. The molecule has 3 rings (SSSR count). The quantitative estimate of drug-likeness (QED) is 0.476. The van der Waals surface area contributed by atoms with Gasteiger partial charge >= 0.3 is 5.69 Å². The van der Waals surface area contributed by atoms with Gasteiger partial charge < -0.3 is 14.5 Å². The van der Waals surface area contributed by atoms with E-state index in [0.29, 0.717) is 27.6 Å². The van der Waals surface area contributed by atoms with E-state index >= 15 is 0 Å². The first-order valence-electron chi connectivity index (χ1n) is 7.96. The minimum absolute atomic E-state index is 0.0120. The number of para-hydroxylation sites is 2. The molecule has 0 fully saturated rings. The molecule has 1 amide bonds. The number of nitrogens with one attached hydrogen (secondary N) is 1. The number of anilines is 1. The summed E-state index contributed by atoms with van der Waals surface area (Å²) in [5, 5.41) is 14.2. The van der Waals surface area contributed by atoms with Gasteiger partial charge in [-0.05, 0) is 37.3 Å². The normalized spacial score (nSPS) is 10.4. The fourth-order valence-electron chi connectivity index (χ4n) is 2.47. The predicted octanol–water partition coefficient (Wildman–Crippen LogP) is 4.98. The molecule has 0 saturated carbocycles. The molecule has 8 heteroatoms. The number of benzene rings is 2. The van der Waals surface area contributed by atoms with Crippen LogP contribution in [0.5, 0.6) is 5.75 Å². The highest BCUT2D eigenvalue weighted by molar-refractivity contribution is 6.31. The molecule has 0 aliphatic rings. The molecule has 0 atom stereocenters.